The zero-order valence-corrected chi connectivity index (χ0v) is 9.07. The molecule has 3 atom stereocenters. The molecule has 0 radical (unpaired) electrons. The lowest BCUT2D eigenvalue weighted by molar-refractivity contribution is -0.141. The first-order valence-electron chi connectivity index (χ1n) is 5.77. The summed E-state index contributed by atoms with van der Waals surface area (Å²) >= 11 is 0. The van der Waals surface area contributed by atoms with E-state index in [4.69, 9.17) is 14.2 Å². The third-order valence-electron chi connectivity index (χ3n) is 3.11. The van der Waals surface area contributed by atoms with Crippen LogP contribution in [0.3, 0.4) is 0 Å². The largest absolute Gasteiger partial charge is 0.373 e. The predicted octanol–water partition coefficient (Wildman–Crippen LogP) is 2.10. The number of ether oxygens (including phenoxy) is 3. The summed E-state index contributed by atoms with van der Waals surface area (Å²) in [6.45, 7) is 5.16. The van der Waals surface area contributed by atoms with Crippen molar-refractivity contribution in [1.29, 1.82) is 0 Å². The summed E-state index contributed by atoms with van der Waals surface area (Å²) < 4.78 is 17.3. The summed E-state index contributed by atoms with van der Waals surface area (Å²) in [6, 6.07) is 0. The van der Waals surface area contributed by atoms with Gasteiger partial charge < -0.3 is 14.2 Å². The van der Waals surface area contributed by atoms with Crippen LogP contribution in [0.1, 0.15) is 39.5 Å². The zero-order valence-electron chi connectivity index (χ0n) is 9.07. The van der Waals surface area contributed by atoms with E-state index in [2.05, 4.69) is 13.8 Å². The van der Waals surface area contributed by atoms with Crippen LogP contribution in [0.15, 0.2) is 0 Å². The van der Waals surface area contributed by atoms with E-state index in [0.717, 1.165) is 32.3 Å². The predicted molar refractivity (Wildman–Crippen MR) is 53.1 cm³/mol. The molecule has 3 nitrogen and oxygen atoms in total. The summed E-state index contributed by atoms with van der Waals surface area (Å²) in [6.07, 6.45) is 4.90. The van der Waals surface area contributed by atoms with Gasteiger partial charge in [-0.2, -0.15) is 0 Å². The molecular formula is C11H20O3. The lowest BCUT2D eigenvalue weighted by Crippen LogP contribution is -2.26. The van der Waals surface area contributed by atoms with Crippen molar-refractivity contribution in [3.8, 4) is 0 Å². The minimum Gasteiger partial charge on any atom is -0.373 e. The standard InChI is InChI=1S/C11H20O3/c1-3-8-9(4-2)14-11(13-8)10-6-5-7-12-10/h8-11H,3-7H2,1-2H3. The van der Waals surface area contributed by atoms with E-state index in [1.807, 2.05) is 0 Å². The van der Waals surface area contributed by atoms with Crippen LogP contribution in [0.4, 0.5) is 0 Å². The maximum absolute atomic E-state index is 5.85. The van der Waals surface area contributed by atoms with Gasteiger partial charge in [-0.05, 0) is 25.7 Å². The molecule has 0 amide bonds. The van der Waals surface area contributed by atoms with Crippen molar-refractivity contribution in [2.24, 2.45) is 0 Å². The normalized spacial score (nSPS) is 43.3. The highest BCUT2D eigenvalue weighted by Crippen LogP contribution is 2.30. The fourth-order valence-electron chi connectivity index (χ4n) is 2.26. The molecule has 82 valence electrons. The minimum atomic E-state index is -0.104. The lowest BCUT2D eigenvalue weighted by atomic mass is 10.1. The molecular weight excluding hydrogens is 180 g/mol. The van der Waals surface area contributed by atoms with Crippen LogP contribution in [-0.2, 0) is 14.2 Å². The average Bonchev–Trinajstić information content (AvgIpc) is 2.85. The van der Waals surface area contributed by atoms with Crippen molar-refractivity contribution in [3.05, 3.63) is 0 Å². The Bertz CT molecular complexity index is 165. The Labute approximate surface area is 85.7 Å². The van der Waals surface area contributed by atoms with E-state index in [0.29, 0.717) is 0 Å². The van der Waals surface area contributed by atoms with Gasteiger partial charge in [-0.15, -0.1) is 0 Å². The molecule has 0 spiro atoms. The van der Waals surface area contributed by atoms with Crippen LogP contribution in [0.2, 0.25) is 0 Å². The highest BCUT2D eigenvalue weighted by molar-refractivity contribution is 4.80. The molecule has 3 unspecified atom stereocenters. The fraction of sp³-hybridized carbons (Fsp3) is 1.00. The van der Waals surface area contributed by atoms with Gasteiger partial charge >= 0.3 is 0 Å². The maximum atomic E-state index is 5.85. The number of rotatable bonds is 3. The van der Waals surface area contributed by atoms with Gasteiger partial charge in [0.1, 0.15) is 6.10 Å². The van der Waals surface area contributed by atoms with Crippen molar-refractivity contribution in [3.63, 3.8) is 0 Å². The number of hydrogen-bond acceptors (Lipinski definition) is 3. The molecule has 2 aliphatic heterocycles. The Kier molecular flexibility index (Phi) is 3.42. The Hall–Kier alpha value is -0.120. The topological polar surface area (TPSA) is 27.7 Å². The summed E-state index contributed by atoms with van der Waals surface area (Å²) in [5.41, 5.74) is 0. The Morgan fingerprint density at radius 3 is 2.14 bits per heavy atom. The monoisotopic (exact) mass is 200 g/mol. The zero-order chi connectivity index (χ0) is 9.97. The van der Waals surface area contributed by atoms with Crippen molar-refractivity contribution >= 4 is 0 Å². The molecule has 2 heterocycles. The fourth-order valence-corrected chi connectivity index (χ4v) is 2.26. The highest BCUT2D eigenvalue weighted by atomic mass is 16.7. The van der Waals surface area contributed by atoms with Crippen LogP contribution in [0, 0.1) is 0 Å². The molecule has 0 aromatic heterocycles. The van der Waals surface area contributed by atoms with Gasteiger partial charge in [0.15, 0.2) is 6.29 Å². The van der Waals surface area contributed by atoms with Crippen LogP contribution < -0.4 is 0 Å². The summed E-state index contributed by atoms with van der Waals surface area (Å²) in [4.78, 5) is 0. The molecule has 0 aromatic rings. The van der Waals surface area contributed by atoms with Gasteiger partial charge in [-0.1, -0.05) is 13.8 Å². The van der Waals surface area contributed by atoms with Crippen molar-refractivity contribution in [2.45, 2.75) is 64.1 Å². The van der Waals surface area contributed by atoms with Crippen molar-refractivity contribution < 1.29 is 14.2 Å². The van der Waals surface area contributed by atoms with Gasteiger partial charge in [-0.3, -0.25) is 0 Å². The molecule has 0 aromatic carbocycles. The number of hydrogen-bond donors (Lipinski definition) is 0. The van der Waals surface area contributed by atoms with Crippen LogP contribution in [0.5, 0.6) is 0 Å². The average molecular weight is 200 g/mol. The first-order chi connectivity index (χ1) is 6.85. The second kappa shape index (κ2) is 4.60. The van der Waals surface area contributed by atoms with Crippen LogP contribution in [-0.4, -0.2) is 31.2 Å². The van der Waals surface area contributed by atoms with Gasteiger partial charge in [0.05, 0.1) is 12.2 Å². The molecule has 0 aliphatic carbocycles. The quantitative estimate of drug-likeness (QED) is 0.698. The van der Waals surface area contributed by atoms with Crippen LogP contribution >= 0.6 is 0 Å². The molecule has 0 bridgehead atoms. The Morgan fingerprint density at radius 2 is 1.71 bits per heavy atom. The smallest absolute Gasteiger partial charge is 0.184 e. The van der Waals surface area contributed by atoms with E-state index in [9.17, 15) is 0 Å². The molecule has 3 heteroatoms. The maximum Gasteiger partial charge on any atom is 0.184 e. The molecule has 2 fully saturated rings. The summed E-state index contributed by atoms with van der Waals surface area (Å²) in [5, 5.41) is 0. The van der Waals surface area contributed by atoms with Gasteiger partial charge in [0.25, 0.3) is 0 Å². The second-order valence-electron chi connectivity index (χ2n) is 4.09. The van der Waals surface area contributed by atoms with Crippen molar-refractivity contribution in [2.75, 3.05) is 6.61 Å². The molecule has 2 aliphatic rings. The van der Waals surface area contributed by atoms with Crippen LogP contribution in [0.25, 0.3) is 0 Å². The van der Waals surface area contributed by atoms with E-state index >= 15 is 0 Å². The molecule has 14 heavy (non-hydrogen) atoms. The summed E-state index contributed by atoms with van der Waals surface area (Å²) in [5.74, 6) is 0. The second-order valence-corrected chi connectivity index (χ2v) is 4.09. The molecule has 0 N–H and O–H groups in total. The van der Waals surface area contributed by atoms with E-state index in [-0.39, 0.29) is 24.6 Å². The van der Waals surface area contributed by atoms with E-state index < -0.39 is 0 Å². The first kappa shape index (κ1) is 10.4. The third kappa shape index (κ3) is 1.95. The van der Waals surface area contributed by atoms with Gasteiger partial charge in [0.2, 0.25) is 0 Å². The highest BCUT2D eigenvalue weighted by Gasteiger charge is 2.39. The van der Waals surface area contributed by atoms with Crippen molar-refractivity contribution in [1.82, 2.24) is 0 Å². The molecule has 0 saturated carbocycles. The lowest BCUT2D eigenvalue weighted by Gasteiger charge is -2.16. The van der Waals surface area contributed by atoms with Gasteiger partial charge in [-0.25, -0.2) is 0 Å². The molecule has 2 saturated heterocycles. The SMILES string of the molecule is CCC1OC(C2CCCO2)OC1CC. The third-order valence-corrected chi connectivity index (χ3v) is 3.11. The van der Waals surface area contributed by atoms with E-state index in [1.54, 1.807) is 0 Å². The first-order valence-corrected chi connectivity index (χ1v) is 5.77. The van der Waals surface area contributed by atoms with E-state index in [1.165, 1.54) is 0 Å². The minimum absolute atomic E-state index is 0.104. The molecule has 2 rings (SSSR count). The Morgan fingerprint density at radius 1 is 1.07 bits per heavy atom. The summed E-state index contributed by atoms with van der Waals surface area (Å²) in [7, 11) is 0. The Balaban J connectivity index is 1.90. The van der Waals surface area contributed by atoms with Gasteiger partial charge in [0, 0.05) is 6.61 Å².